The standard InChI is InChI=1S/C42H54N4O3Si.C42H56N4O3Si.C2H6O/c1-5-48-40(47)30-34(18-10-6-7-11-20-36-27-26-33-19-16-28-43-41(33)46-36)35-31-44-39(45-32-35)25-17-29-49-50(42(2,3)4,37-21-12-8-13-22-37)38-23-14-9-15-24-38;1-4-49-40(47)30-34(18-9-5-6-10-20-36-27-26-33-19-17-29-43-41(33)46-36)35-31-44-39(45-32-35)25-15-16-28-42(2,3)50(48,37-21-11-7-12-22-37)38-23-13-8-14-24-38;1-2-3/h8-10,12-15,18,21-24,26-27,31-32,34H,5-7,11,16-17,19-20,25,28-30H2,1-4H3,(H,43,46);7-8,11-14,21-24,26-27,31-32,34,48H,4-6,9-10,15-20,25,28-30H2,1-3H3,(H,43,46);3H,2H2,1H3/b18-10+;;/t2*34-;/m00./s1. The van der Waals surface area contributed by atoms with Crippen LogP contribution in [0, 0.1) is 0 Å². The van der Waals surface area contributed by atoms with Crippen molar-refractivity contribution in [3.63, 3.8) is 0 Å². The van der Waals surface area contributed by atoms with Crippen LogP contribution in [0.4, 0.5) is 11.6 Å². The minimum Gasteiger partial charge on any atom is -0.466 e. The van der Waals surface area contributed by atoms with Gasteiger partial charge in [0.1, 0.15) is 23.3 Å². The number of rotatable bonds is 36. The molecule has 2 aliphatic heterocycles. The van der Waals surface area contributed by atoms with E-state index in [4.69, 9.17) is 48.9 Å². The van der Waals surface area contributed by atoms with Crippen molar-refractivity contribution in [1.82, 2.24) is 29.9 Å². The molecule has 0 aliphatic carbocycles. The lowest BCUT2D eigenvalue weighted by atomic mass is 9.92. The van der Waals surface area contributed by atoms with Gasteiger partial charge in [0, 0.05) is 81.2 Å². The van der Waals surface area contributed by atoms with Gasteiger partial charge in [0.05, 0.1) is 26.1 Å². The van der Waals surface area contributed by atoms with E-state index in [0.29, 0.717) is 32.7 Å². The Bertz CT molecular complexity index is 3710. The van der Waals surface area contributed by atoms with Crippen molar-refractivity contribution in [2.75, 3.05) is 50.2 Å². The van der Waals surface area contributed by atoms with Crippen molar-refractivity contribution in [3.05, 3.63) is 228 Å². The summed E-state index contributed by atoms with van der Waals surface area (Å²) in [5.41, 5.74) is 6.91. The number of aliphatic hydroxyl groups is 1. The summed E-state index contributed by atoms with van der Waals surface area (Å²) in [5.74, 6) is 3.29. The van der Waals surface area contributed by atoms with E-state index in [0.717, 1.165) is 173 Å². The van der Waals surface area contributed by atoms with Crippen LogP contribution in [-0.4, -0.2) is 108 Å². The molecule has 6 heterocycles. The van der Waals surface area contributed by atoms with Crippen molar-refractivity contribution < 1.29 is 33.4 Å². The van der Waals surface area contributed by atoms with Gasteiger partial charge in [-0.25, -0.2) is 29.9 Å². The summed E-state index contributed by atoms with van der Waals surface area (Å²) >= 11 is 0. The Hall–Kier alpha value is -8.07. The van der Waals surface area contributed by atoms with E-state index >= 15 is 0 Å². The van der Waals surface area contributed by atoms with Crippen molar-refractivity contribution in [3.8, 4) is 0 Å². The lowest BCUT2D eigenvalue weighted by Crippen LogP contribution is -2.66. The number of unbranched alkanes of at least 4 members (excludes halogenated alkanes) is 6. The van der Waals surface area contributed by atoms with Crippen LogP contribution in [0.15, 0.2) is 183 Å². The summed E-state index contributed by atoms with van der Waals surface area (Å²) in [7, 11) is -5.59. The van der Waals surface area contributed by atoms with Crippen LogP contribution < -0.4 is 31.4 Å². The third-order valence-electron chi connectivity index (χ3n) is 19.9. The molecule has 0 saturated carbocycles. The molecule has 550 valence electrons. The number of hydrogen-bond acceptors (Lipinski definition) is 15. The molecule has 0 unspecified atom stereocenters. The first-order valence-corrected chi connectivity index (χ1v) is 42.1. The van der Waals surface area contributed by atoms with Gasteiger partial charge in [-0.1, -0.05) is 206 Å². The van der Waals surface area contributed by atoms with Crippen LogP contribution in [0.5, 0.6) is 0 Å². The van der Waals surface area contributed by atoms with Crippen LogP contribution in [0.2, 0.25) is 10.1 Å². The molecule has 2 atom stereocenters. The van der Waals surface area contributed by atoms with Crippen LogP contribution in [0.1, 0.15) is 215 Å². The number of ether oxygens (including phenoxy) is 2. The second-order valence-corrected chi connectivity index (χ2v) is 37.2. The van der Waals surface area contributed by atoms with E-state index in [-0.39, 0.29) is 46.9 Å². The predicted molar refractivity (Wildman–Crippen MR) is 424 cm³/mol. The van der Waals surface area contributed by atoms with Crippen LogP contribution >= 0.6 is 0 Å². The number of benzene rings is 4. The number of pyridine rings is 2. The Balaban J connectivity index is 0.000000252. The highest BCUT2D eigenvalue weighted by atomic mass is 28.4. The van der Waals surface area contributed by atoms with Gasteiger partial charge in [0.25, 0.3) is 16.6 Å². The van der Waals surface area contributed by atoms with Crippen LogP contribution in [0.25, 0.3) is 0 Å². The number of nitrogens with zero attached hydrogens (tertiary/aromatic N) is 6. The highest BCUT2D eigenvalue weighted by Crippen LogP contribution is 2.41. The molecule has 0 fully saturated rings. The van der Waals surface area contributed by atoms with Gasteiger partial charge in [-0.3, -0.25) is 9.59 Å². The first kappa shape index (κ1) is 80.6. The molecular weight excluding hydrogens is 1310 g/mol. The molecule has 8 aromatic rings. The zero-order chi connectivity index (χ0) is 73.2. The average Bonchev–Trinajstić information content (AvgIpc) is 0.757. The van der Waals surface area contributed by atoms with E-state index in [1.165, 1.54) is 40.0 Å². The van der Waals surface area contributed by atoms with Gasteiger partial charge in [0.15, 0.2) is 0 Å². The zero-order valence-corrected chi connectivity index (χ0v) is 64.9. The maximum absolute atomic E-state index is 12.5. The Morgan fingerprint density at radius 2 is 0.981 bits per heavy atom. The highest BCUT2D eigenvalue weighted by molar-refractivity contribution is 6.99. The maximum Gasteiger partial charge on any atom is 0.306 e. The molecule has 4 aromatic heterocycles. The normalized spacial score (nSPS) is 13.5. The molecule has 2 aliphatic rings. The van der Waals surface area contributed by atoms with E-state index in [2.05, 4.69) is 167 Å². The molecule has 17 heteroatoms. The Morgan fingerprint density at radius 1 is 0.534 bits per heavy atom. The Kier molecular flexibility index (Phi) is 32.9. The van der Waals surface area contributed by atoms with Gasteiger partial charge in [0.2, 0.25) is 0 Å². The number of carbonyl (C=O) groups excluding carboxylic acids is 2. The summed E-state index contributed by atoms with van der Waals surface area (Å²) < 4.78 is 17.7. The number of fused-ring (bicyclic) bond motifs is 2. The van der Waals surface area contributed by atoms with E-state index in [1.54, 1.807) is 6.92 Å². The summed E-state index contributed by atoms with van der Waals surface area (Å²) in [6.45, 7) is 20.4. The van der Waals surface area contributed by atoms with Gasteiger partial charge >= 0.3 is 11.9 Å². The molecule has 0 saturated heterocycles. The molecule has 4 aromatic carbocycles. The molecule has 0 bridgehead atoms. The van der Waals surface area contributed by atoms with Crippen LogP contribution in [0.3, 0.4) is 0 Å². The molecule has 0 amide bonds. The fourth-order valence-corrected chi connectivity index (χ4v) is 22.7. The smallest absolute Gasteiger partial charge is 0.306 e. The van der Waals surface area contributed by atoms with Crippen molar-refractivity contribution in [2.24, 2.45) is 0 Å². The SMILES string of the molecule is CCO.CCOC(=O)C[C@H](/C=C/CCCCc1ccc2c(n1)NCCC2)c1cnc(CCCO[Si](c2ccccc2)(c2ccccc2)C(C)(C)C)nc1.CCOC(=O)C[C@H](CCCCCCc1ccc2c(n1)NCCC2)c1cnc(CCCCC(C)(C)[Si](O)(c2ccccc2)c2ccccc2)nc1. The number of anilines is 2. The second kappa shape index (κ2) is 42.0. The predicted octanol–water partition coefficient (Wildman–Crippen LogP) is 15.4. The minimum atomic E-state index is -3.01. The number of aromatic nitrogens is 6. The monoisotopic (exact) mass is 1430 g/mol. The van der Waals surface area contributed by atoms with E-state index in [9.17, 15) is 14.4 Å². The molecule has 0 radical (unpaired) electrons. The molecule has 103 heavy (non-hydrogen) atoms. The first-order valence-electron chi connectivity index (χ1n) is 38.3. The molecule has 4 N–H and O–H groups in total. The Labute approximate surface area is 617 Å². The quantitative estimate of drug-likeness (QED) is 0.0125. The van der Waals surface area contributed by atoms with Gasteiger partial charge in [-0.05, 0) is 182 Å². The van der Waals surface area contributed by atoms with Crippen molar-refractivity contribution >= 4 is 61.0 Å². The molecule has 0 spiro atoms. The summed E-state index contributed by atoms with van der Waals surface area (Å²) in [4.78, 5) is 66.0. The topological polar surface area (TPSA) is 204 Å². The minimum absolute atomic E-state index is 0.0518. The van der Waals surface area contributed by atoms with Gasteiger partial charge < -0.3 is 34.4 Å². The lowest BCUT2D eigenvalue weighted by molar-refractivity contribution is -0.144. The number of carbonyl (C=O) groups is 2. The Morgan fingerprint density at radius 3 is 1.48 bits per heavy atom. The zero-order valence-electron chi connectivity index (χ0n) is 62.9. The number of nitrogens with one attached hydrogen (secondary N) is 2. The number of aliphatic hydroxyl groups excluding tert-OH is 1. The van der Waals surface area contributed by atoms with E-state index < -0.39 is 16.6 Å². The molecule has 15 nitrogen and oxygen atoms in total. The third-order valence-corrected chi connectivity index (χ3v) is 29.5. The average molecular weight is 1430 g/mol. The second-order valence-electron chi connectivity index (χ2n) is 29.0. The maximum atomic E-state index is 12.5. The highest BCUT2D eigenvalue weighted by Gasteiger charge is 2.51. The van der Waals surface area contributed by atoms with Gasteiger partial charge in [-0.2, -0.15) is 0 Å². The lowest BCUT2D eigenvalue weighted by Gasteiger charge is -2.43. The fraction of sp³-hybridized carbons (Fsp3) is 0.465. The largest absolute Gasteiger partial charge is 0.466 e. The van der Waals surface area contributed by atoms with Crippen molar-refractivity contribution in [2.45, 2.75) is 219 Å². The van der Waals surface area contributed by atoms with E-state index in [1.807, 2.05) is 75.0 Å². The molecular formula is C86H116N8O7Si2. The molecule has 10 rings (SSSR count). The van der Waals surface area contributed by atoms with Gasteiger partial charge in [-0.15, -0.1) is 0 Å². The fourth-order valence-electron chi connectivity index (χ4n) is 14.3. The number of esters is 2. The summed E-state index contributed by atoms with van der Waals surface area (Å²) in [5, 5.41) is 18.8. The number of aryl methyl sites for hydroxylation is 6. The summed E-state index contributed by atoms with van der Waals surface area (Å²) in [6.07, 6.45) is 32.6. The number of hydrogen-bond donors (Lipinski definition) is 4. The third kappa shape index (κ3) is 24.0. The number of allylic oxidation sites excluding steroid dienone is 2. The first-order chi connectivity index (χ1) is 50.0. The summed E-state index contributed by atoms with van der Waals surface area (Å²) in [6, 6.07) is 50.7. The van der Waals surface area contributed by atoms with Crippen molar-refractivity contribution in [1.29, 1.82) is 0 Å². The van der Waals surface area contributed by atoms with Crippen LogP contribution in [-0.2, 0) is 62.0 Å².